The van der Waals surface area contributed by atoms with Crippen molar-refractivity contribution in [1.82, 2.24) is 9.88 Å². The first kappa shape index (κ1) is 20.1. The highest BCUT2D eigenvalue weighted by Crippen LogP contribution is 2.31. The maximum absolute atomic E-state index is 13.5. The minimum Gasteiger partial charge on any atom is -0.493 e. The second-order valence-electron chi connectivity index (χ2n) is 7.52. The Labute approximate surface area is 176 Å². The van der Waals surface area contributed by atoms with E-state index in [4.69, 9.17) is 9.72 Å². The number of benzene rings is 2. The van der Waals surface area contributed by atoms with Gasteiger partial charge in [0.15, 0.2) is 0 Å². The predicted molar refractivity (Wildman–Crippen MR) is 114 cm³/mol. The van der Waals surface area contributed by atoms with Gasteiger partial charge in [0.1, 0.15) is 11.6 Å². The van der Waals surface area contributed by atoms with Crippen LogP contribution in [-0.2, 0) is 11.2 Å². The fourth-order valence-electron chi connectivity index (χ4n) is 3.93. The summed E-state index contributed by atoms with van der Waals surface area (Å²) >= 11 is 0. The van der Waals surface area contributed by atoms with Crippen molar-refractivity contribution in [1.29, 1.82) is 0 Å². The van der Waals surface area contributed by atoms with Gasteiger partial charge in [-0.05, 0) is 54.8 Å². The van der Waals surface area contributed by atoms with E-state index in [0.29, 0.717) is 19.4 Å². The molecule has 4 rings (SSSR count). The number of nitrogens with zero attached hydrogens (tertiary/aromatic N) is 2. The number of carbonyl (C=O) groups is 1. The van der Waals surface area contributed by atoms with Gasteiger partial charge in [-0.2, -0.15) is 0 Å². The Morgan fingerprint density at radius 3 is 2.73 bits per heavy atom. The van der Waals surface area contributed by atoms with Crippen LogP contribution in [0.5, 0.6) is 5.75 Å². The van der Waals surface area contributed by atoms with Gasteiger partial charge < -0.3 is 9.64 Å². The highest BCUT2D eigenvalue weighted by molar-refractivity contribution is 5.77. The van der Waals surface area contributed by atoms with Gasteiger partial charge in [-0.3, -0.25) is 9.78 Å². The molecule has 154 valence electrons. The van der Waals surface area contributed by atoms with Gasteiger partial charge in [0.25, 0.3) is 0 Å². The molecule has 1 aliphatic heterocycles. The van der Waals surface area contributed by atoms with Crippen molar-refractivity contribution in [3.05, 3.63) is 95.6 Å². The zero-order valence-electron chi connectivity index (χ0n) is 16.8. The number of halogens is 1. The van der Waals surface area contributed by atoms with Crippen LogP contribution in [0.2, 0.25) is 0 Å². The van der Waals surface area contributed by atoms with Gasteiger partial charge in [0.05, 0.1) is 24.8 Å². The number of para-hydroxylation sites is 1. The van der Waals surface area contributed by atoms with Crippen molar-refractivity contribution < 1.29 is 13.9 Å². The molecule has 2 aromatic carbocycles. The highest BCUT2D eigenvalue weighted by atomic mass is 19.1. The van der Waals surface area contributed by atoms with Crippen molar-refractivity contribution in [2.75, 3.05) is 13.2 Å². The summed E-state index contributed by atoms with van der Waals surface area (Å²) in [6, 6.07) is 22.0. The van der Waals surface area contributed by atoms with Crippen LogP contribution in [-0.4, -0.2) is 28.9 Å². The normalized spacial score (nSPS) is 15.9. The molecule has 1 atom stereocenters. The SMILES string of the molecule is O=C(CCOc1ccccc1)N1CCCC1c1cccc(Cc2cccc(F)c2)n1. The quantitative estimate of drug-likeness (QED) is 0.560. The number of hydrogen-bond acceptors (Lipinski definition) is 3. The van der Waals surface area contributed by atoms with Crippen LogP contribution in [0.4, 0.5) is 4.39 Å². The molecule has 0 aliphatic carbocycles. The Morgan fingerprint density at radius 1 is 1.07 bits per heavy atom. The number of pyridine rings is 1. The molecule has 0 radical (unpaired) electrons. The van der Waals surface area contributed by atoms with E-state index in [-0.39, 0.29) is 17.8 Å². The van der Waals surface area contributed by atoms with Gasteiger partial charge in [0, 0.05) is 18.7 Å². The highest BCUT2D eigenvalue weighted by Gasteiger charge is 2.30. The number of likely N-dealkylation sites (tertiary alicyclic amines) is 1. The summed E-state index contributed by atoms with van der Waals surface area (Å²) < 4.78 is 19.1. The lowest BCUT2D eigenvalue weighted by atomic mass is 10.1. The van der Waals surface area contributed by atoms with Crippen LogP contribution in [0.15, 0.2) is 72.8 Å². The summed E-state index contributed by atoms with van der Waals surface area (Å²) in [4.78, 5) is 19.5. The first-order chi connectivity index (χ1) is 14.7. The van der Waals surface area contributed by atoms with E-state index < -0.39 is 0 Å². The van der Waals surface area contributed by atoms with Crippen molar-refractivity contribution in [3.8, 4) is 5.75 Å². The van der Waals surface area contributed by atoms with Crippen LogP contribution in [0, 0.1) is 5.82 Å². The molecule has 1 amide bonds. The lowest BCUT2D eigenvalue weighted by Crippen LogP contribution is -2.32. The molecule has 1 fully saturated rings. The Morgan fingerprint density at radius 2 is 1.90 bits per heavy atom. The molecule has 0 N–H and O–H groups in total. The summed E-state index contributed by atoms with van der Waals surface area (Å²) in [6.07, 6.45) is 2.78. The molecule has 4 nitrogen and oxygen atoms in total. The Balaban J connectivity index is 1.39. The van der Waals surface area contributed by atoms with Gasteiger partial charge in [-0.25, -0.2) is 4.39 Å². The van der Waals surface area contributed by atoms with Gasteiger partial charge in [0.2, 0.25) is 5.91 Å². The fraction of sp³-hybridized carbons (Fsp3) is 0.280. The van der Waals surface area contributed by atoms with Crippen LogP contribution in [0.1, 0.15) is 42.3 Å². The topological polar surface area (TPSA) is 42.4 Å². The number of aromatic nitrogens is 1. The van der Waals surface area contributed by atoms with Crippen LogP contribution < -0.4 is 4.74 Å². The molecule has 1 aromatic heterocycles. The number of rotatable bonds is 7. The number of amides is 1. The van der Waals surface area contributed by atoms with Crippen molar-refractivity contribution in [2.45, 2.75) is 31.7 Å². The monoisotopic (exact) mass is 404 g/mol. The number of hydrogen-bond donors (Lipinski definition) is 0. The smallest absolute Gasteiger partial charge is 0.226 e. The molecular formula is C25H25FN2O2. The molecule has 2 heterocycles. The standard InChI is InChI=1S/C25H25FN2O2/c26-20-8-4-7-19(17-20)18-21-9-5-12-23(27-21)24-13-6-15-28(24)25(29)14-16-30-22-10-2-1-3-11-22/h1-5,7-12,17,24H,6,13-16,18H2. The van der Waals surface area contributed by atoms with Gasteiger partial charge in [-0.1, -0.05) is 36.4 Å². The minimum absolute atomic E-state index is 0.0123. The third-order valence-electron chi connectivity index (χ3n) is 5.34. The zero-order valence-corrected chi connectivity index (χ0v) is 16.8. The molecule has 1 saturated heterocycles. The van der Waals surface area contributed by atoms with Gasteiger partial charge >= 0.3 is 0 Å². The Bertz CT molecular complexity index is 993. The van der Waals surface area contributed by atoms with Gasteiger partial charge in [-0.15, -0.1) is 0 Å². The summed E-state index contributed by atoms with van der Waals surface area (Å²) in [5, 5.41) is 0. The molecule has 0 saturated carbocycles. The summed E-state index contributed by atoms with van der Waals surface area (Å²) in [5.74, 6) is 0.620. The molecule has 0 spiro atoms. The molecule has 1 unspecified atom stereocenters. The Hall–Kier alpha value is -3.21. The largest absolute Gasteiger partial charge is 0.493 e. The third-order valence-corrected chi connectivity index (χ3v) is 5.34. The third kappa shape index (κ3) is 5.03. The first-order valence-corrected chi connectivity index (χ1v) is 10.4. The first-order valence-electron chi connectivity index (χ1n) is 10.4. The second-order valence-corrected chi connectivity index (χ2v) is 7.52. The van der Waals surface area contributed by atoms with E-state index in [0.717, 1.165) is 42.1 Å². The Kier molecular flexibility index (Phi) is 6.38. The summed E-state index contributed by atoms with van der Waals surface area (Å²) in [7, 11) is 0. The molecule has 30 heavy (non-hydrogen) atoms. The van der Waals surface area contributed by atoms with Crippen molar-refractivity contribution in [3.63, 3.8) is 0 Å². The van der Waals surface area contributed by atoms with E-state index >= 15 is 0 Å². The van der Waals surface area contributed by atoms with Crippen molar-refractivity contribution >= 4 is 5.91 Å². The fourth-order valence-corrected chi connectivity index (χ4v) is 3.93. The molecule has 3 aromatic rings. The van der Waals surface area contributed by atoms with Crippen LogP contribution >= 0.6 is 0 Å². The second kappa shape index (κ2) is 9.53. The molecule has 0 bridgehead atoms. The van der Waals surface area contributed by atoms with E-state index in [1.54, 1.807) is 6.07 Å². The summed E-state index contributed by atoms with van der Waals surface area (Å²) in [6.45, 7) is 1.10. The lowest BCUT2D eigenvalue weighted by molar-refractivity contribution is -0.132. The number of carbonyl (C=O) groups excluding carboxylic acids is 1. The van der Waals surface area contributed by atoms with Crippen LogP contribution in [0.25, 0.3) is 0 Å². The maximum Gasteiger partial charge on any atom is 0.226 e. The predicted octanol–water partition coefficient (Wildman–Crippen LogP) is 4.94. The van der Waals surface area contributed by atoms with E-state index in [1.807, 2.05) is 59.5 Å². The van der Waals surface area contributed by atoms with Crippen molar-refractivity contribution in [2.24, 2.45) is 0 Å². The molecule has 5 heteroatoms. The summed E-state index contributed by atoms with van der Waals surface area (Å²) in [5.41, 5.74) is 2.67. The minimum atomic E-state index is -0.242. The van der Waals surface area contributed by atoms with E-state index in [2.05, 4.69) is 0 Å². The lowest BCUT2D eigenvalue weighted by Gasteiger charge is -2.25. The average Bonchev–Trinajstić information content (AvgIpc) is 3.25. The van der Waals surface area contributed by atoms with E-state index in [9.17, 15) is 9.18 Å². The van der Waals surface area contributed by atoms with Crippen LogP contribution in [0.3, 0.4) is 0 Å². The maximum atomic E-state index is 13.5. The average molecular weight is 404 g/mol. The van der Waals surface area contributed by atoms with E-state index in [1.165, 1.54) is 12.1 Å². The molecular weight excluding hydrogens is 379 g/mol. The number of ether oxygens (including phenoxy) is 1. The molecule has 1 aliphatic rings. The zero-order chi connectivity index (χ0) is 20.8.